The van der Waals surface area contributed by atoms with Gasteiger partial charge >= 0.3 is 11.9 Å². The Morgan fingerprint density at radius 1 is 0.923 bits per heavy atom. The van der Waals surface area contributed by atoms with Crippen molar-refractivity contribution in [3.8, 4) is 40.1 Å². The van der Waals surface area contributed by atoms with Gasteiger partial charge in [-0.2, -0.15) is 0 Å². The minimum Gasteiger partial charge on any atom is -0.508 e. The van der Waals surface area contributed by atoms with E-state index in [0.717, 1.165) is 38.1 Å². The molecular weight excluding hydrogens is 524 g/mol. The van der Waals surface area contributed by atoms with Gasteiger partial charge in [0.25, 0.3) is 0 Å². The number of rotatable bonds is 6. The van der Waals surface area contributed by atoms with Crippen LogP contribution in [0.4, 0.5) is 0 Å². The first-order chi connectivity index (χ1) is 18.4. The van der Waals surface area contributed by atoms with Crippen LogP contribution in [0.3, 0.4) is 0 Å². The van der Waals surface area contributed by atoms with E-state index in [-0.39, 0.29) is 16.9 Å². The van der Waals surface area contributed by atoms with Gasteiger partial charge in [0.05, 0.1) is 0 Å². The van der Waals surface area contributed by atoms with E-state index in [1.54, 1.807) is 0 Å². The second-order valence-electron chi connectivity index (χ2n) is 8.65. The number of esters is 2. The van der Waals surface area contributed by atoms with Crippen LogP contribution in [0.15, 0.2) is 39.5 Å². The molecule has 0 unspecified atom stereocenters. The molecule has 0 bridgehead atoms. The lowest BCUT2D eigenvalue weighted by Crippen LogP contribution is -2.61. The van der Waals surface area contributed by atoms with Crippen LogP contribution in [0, 0.1) is 0 Å². The van der Waals surface area contributed by atoms with Crippen LogP contribution in [0.2, 0.25) is 0 Å². The number of hydrogen-bond donors (Lipinski definition) is 6. The van der Waals surface area contributed by atoms with E-state index in [1.807, 2.05) is 0 Å². The zero-order valence-electron chi connectivity index (χ0n) is 20.4. The Kier molecular flexibility index (Phi) is 7.53. The lowest BCUT2D eigenvalue weighted by atomic mass is 9.99. The van der Waals surface area contributed by atoms with Gasteiger partial charge in [-0.3, -0.25) is 14.4 Å². The molecule has 2 heterocycles. The maximum absolute atomic E-state index is 13.5. The molecular formula is C25H24O14. The smallest absolute Gasteiger partial charge is 0.303 e. The predicted molar refractivity (Wildman–Crippen MR) is 128 cm³/mol. The lowest BCUT2D eigenvalue weighted by Gasteiger charge is -2.41. The van der Waals surface area contributed by atoms with Crippen molar-refractivity contribution in [2.75, 3.05) is 6.61 Å². The zero-order chi connectivity index (χ0) is 28.6. The number of benzene rings is 2. The summed E-state index contributed by atoms with van der Waals surface area (Å²) in [5.41, 5.74) is -1.29. The number of ether oxygens (including phenoxy) is 4. The Morgan fingerprint density at radius 3 is 2.28 bits per heavy atom. The van der Waals surface area contributed by atoms with Crippen LogP contribution in [0.5, 0.6) is 28.7 Å². The molecule has 0 aliphatic carbocycles. The van der Waals surface area contributed by atoms with Gasteiger partial charge in [0.1, 0.15) is 41.3 Å². The summed E-state index contributed by atoms with van der Waals surface area (Å²) < 4.78 is 26.9. The molecule has 0 spiro atoms. The number of aromatic hydroxyl groups is 4. The molecule has 39 heavy (non-hydrogen) atoms. The molecule has 1 aliphatic rings. The summed E-state index contributed by atoms with van der Waals surface area (Å²) in [6, 6.07) is 5.29. The minimum atomic E-state index is -1.89. The fraction of sp³-hybridized carbons (Fsp3) is 0.320. The Morgan fingerprint density at radius 2 is 1.64 bits per heavy atom. The molecule has 2 aromatic carbocycles. The first kappa shape index (κ1) is 27.5. The summed E-state index contributed by atoms with van der Waals surface area (Å²) in [5.74, 6) is -4.83. The number of carbonyl (C=O) groups is 2. The Bertz CT molecular complexity index is 1480. The van der Waals surface area contributed by atoms with Crippen molar-refractivity contribution in [2.24, 2.45) is 0 Å². The van der Waals surface area contributed by atoms with Crippen molar-refractivity contribution in [2.45, 2.75) is 44.6 Å². The standard InChI is InChI=1S/C25H24O14/c1-9(26)35-8-17-19(32)23(36-10(2)27)21(34)25(38-17)39-24-20(33)18-15(31)6-12(28)7-16(18)37-22(24)11-3-4-13(29)14(30)5-11/h3-7,17,19,21,23,25,28-32,34H,8H2,1-2H3/t17-,19+,21-,23+,25+/m1/s1. The molecule has 0 radical (unpaired) electrons. The molecule has 4 rings (SSSR count). The molecule has 6 N–H and O–H groups in total. The first-order valence-corrected chi connectivity index (χ1v) is 11.4. The third-order valence-electron chi connectivity index (χ3n) is 5.78. The normalized spacial score (nSPS) is 22.8. The minimum absolute atomic E-state index is 0.0135. The summed E-state index contributed by atoms with van der Waals surface area (Å²) in [4.78, 5) is 36.5. The van der Waals surface area contributed by atoms with E-state index in [0.29, 0.717) is 0 Å². The number of carbonyl (C=O) groups excluding carboxylic acids is 2. The van der Waals surface area contributed by atoms with Crippen molar-refractivity contribution in [1.29, 1.82) is 0 Å². The van der Waals surface area contributed by atoms with E-state index in [4.69, 9.17) is 23.4 Å². The fourth-order valence-electron chi connectivity index (χ4n) is 4.01. The zero-order valence-corrected chi connectivity index (χ0v) is 20.4. The molecule has 5 atom stereocenters. The van der Waals surface area contributed by atoms with Crippen molar-refractivity contribution >= 4 is 22.9 Å². The summed E-state index contributed by atoms with van der Waals surface area (Å²) >= 11 is 0. The van der Waals surface area contributed by atoms with E-state index in [2.05, 4.69) is 0 Å². The molecule has 0 amide bonds. The van der Waals surface area contributed by atoms with E-state index >= 15 is 0 Å². The highest BCUT2D eigenvalue weighted by atomic mass is 16.7. The van der Waals surface area contributed by atoms with Gasteiger partial charge in [-0.25, -0.2) is 0 Å². The Balaban J connectivity index is 1.85. The highest BCUT2D eigenvalue weighted by molar-refractivity contribution is 5.88. The Hall–Kier alpha value is -4.53. The van der Waals surface area contributed by atoms with Gasteiger partial charge in [0.15, 0.2) is 29.5 Å². The van der Waals surface area contributed by atoms with E-state index < -0.39 is 88.8 Å². The van der Waals surface area contributed by atoms with Crippen LogP contribution in [0.25, 0.3) is 22.3 Å². The molecule has 3 aromatic rings. The predicted octanol–water partition coefficient (Wildman–Crippen LogP) is 0.603. The number of phenolic OH excluding ortho intramolecular Hbond substituents is 4. The van der Waals surface area contributed by atoms with Gasteiger partial charge < -0.3 is 54.0 Å². The molecule has 14 nitrogen and oxygen atoms in total. The van der Waals surface area contributed by atoms with Crippen LogP contribution in [-0.2, 0) is 23.8 Å². The summed E-state index contributed by atoms with van der Waals surface area (Å²) in [6.07, 6.45) is -8.41. The molecule has 1 aromatic heterocycles. The molecule has 14 heteroatoms. The quantitative estimate of drug-likeness (QED) is 0.183. The number of aliphatic hydroxyl groups is 2. The number of fused-ring (bicyclic) bond motifs is 1. The molecule has 1 fully saturated rings. The van der Waals surface area contributed by atoms with Gasteiger partial charge in [-0.05, 0) is 18.2 Å². The third kappa shape index (κ3) is 5.52. The van der Waals surface area contributed by atoms with Gasteiger partial charge in [0.2, 0.25) is 17.5 Å². The van der Waals surface area contributed by atoms with Crippen molar-refractivity contribution in [3.05, 3.63) is 40.6 Å². The number of hydrogen-bond acceptors (Lipinski definition) is 14. The molecule has 1 aliphatic heterocycles. The Labute approximate surface area is 218 Å². The van der Waals surface area contributed by atoms with Crippen molar-refractivity contribution in [3.63, 3.8) is 0 Å². The van der Waals surface area contributed by atoms with Crippen LogP contribution in [0.1, 0.15) is 13.8 Å². The first-order valence-electron chi connectivity index (χ1n) is 11.4. The van der Waals surface area contributed by atoms with Gasteiger partial charge in [-0.15, -0.1) is 0 Å². The summed E-state index contributed by atoms with van der Waals surface area (Å²) in [7, 11) is 0. The number of aliphatic hydroxyl groups excluding tert-OH is 2. The highest BCUT2D eigenvalue weighted by Crippen LogP contribution is 2.39. The highest BCUT2D eigenvalue weighted by Gasteiger charge is 2.48. The van der Waals surface area contributed by atoms with Crippen LogP contribution < -0.4 is 10.2 Å². The second kappa shape index (κ2) is 10.7. The van der Waals surface area contributed by atoms with Crippen molar-refractivity contribution < 1.29 is 63.6 Å². The summed E-state index contributed by atoms with van der Waals surface area (Å²) in [6.45, 7) is 1.59. The number of phenols is 4. The average Bonchev–Trinajstić information content (AvgIpc) is 2.85. The van der Waals surface area contributed by atoms with E-state index in [9.17, 15) is 45.0 Å². The van der Waals surface area contributed by atoms with Crippen LogP contribution >= 0.6 is 0 Å². The van der Waals surface area contributed by atoms with Gasteiger partial charge in [-0.1, -0.05) is 0 Å². The topological polar surface area (TPSA) is 223 Å². The molecule has 1 saturated heterocycles. The van der Waals surface area contributed by atoms with Gasteiger partial charge in [0, 0.05) is 31.5 Å². The lowest BCUT2D eigenvalue weighted by molar-refractivity contribution is -0.282. The monoisotopic (exact) mass is 548 g/mol. The van der Waals surface area contributed by atoms with E-state index in [1.165, 1.54) is 6.07 Å². The SMILES string of the molecule is CC(=O)OC[C@H]1O[C@@H](Oc2c(-c3ccc(O)c(O)c3)oc3cc(O)cc(O)c3c2=O)[C@H](O)[C@@H](OC(C)=O)[C@H]1O. The molecule has 208 valence electrons. The van der Waals surface area contributed by atoms with Crippen LogP contribution in [-0.4, -0.2) is 79.9 Å². The largest absolute Gasteiger partial charge is 0.508 e. The average molecular weight is 548 g/mol. The van der Waals surface area contributed by atoms with Crippen molar-refractivity contribution in [1.82, 2.24) is 0 Å². The maximum Gasteiger partial charge on any atom is 0.303 e. The molecule has 0 saturated carbocycles. The summed E-state index contributed by atoms with van der Waals surface area (Å²) in [5, 5.41) is 60.9. The maximum atomic E-state index is 13.5. The fourth-order valence-corrected chi connectivity index (χ4v) is 4.01. The second-order valence-corrected chi connectivity index (χ2v) is 8.65. The third-order valence-corrected chi connectivity index (χ3v) is 5.78.